The third kappa shape index (κ3) is 4.61. The highest BCUT2D eigenvalue weighted by atomic mass is 32.2. The van der Waals surface area contributed by atoms with Crippen LogP contribution in [0.5, 0.6) is 11.5 Å². The fraction of sp³-hybridized carbons (Fsp3) is 0.235. The fourth-order valence-electron chi connectivity index (χ4n) is 2.03. The highest BCUT2D eigenvalue weighted by Crippen LogP contribution is 2.33. The number of carbonyl (C=O) groups is 2. The van der Waals surface area contributed by atoms with Crippen LogP contribution >= 0.6 is 24.0 Å². The molecule has 0 bridgehead atoms. The van der Waals surface area contributed by atoms with Crippen molar-refractivity contribution in [3.8, 4) is 11.5 Å². The van der Waals surface area contributed by atoms with E-state index >= 15 is 0 Å². The fourth-order valence-corrected chi connectivity index (χ4v) is 3.21. The lowest BCUT2D eigenvalue weighted by Gasteiger charge is -2.09. The lowest BCUT2D eigenvalue weighted by atomic mass is 10.1. The molecule has 1 aromatic rings. The van der Waals surface area contributed by atoms with E-state index in [2.05, 4.69) is 0 Å². The molecular weight excluding hydrogens is 362 g/mol. The molecule has 0 atom stereocenters. The molecule has 6 nitrogen and oxygen atoms in total. The van der Waals surface area contributed by atoms with Crippen molar-refractivity contribution in [1.29, 1.82) is 0 Å². The van der Waals surface area contributed by atoms with Crippen LogP contribution < -0.4 is 9.47 Å². The summed E-state index contributed by atoms with van der Waals surface area (Å²) in [5.41, 5.74) is 1.64. The molecule has 25 heavy (non-hydrogen) atoms. The summed E-state index contributed by atoms with van der Waals surface area (Å²) in [7, 11) is 3.14. The Kier molecular flexibility index (Phi) is 6.22. The number of rotatable bonds is 6. The predicted molar refractivity (Wildman–Crippen MR) is 101 cm³/mol. The number of allylic oxidation sites excluding steroid dienone is 2. The Bertz CT molecular complexity index is 785. The van der Waals surface area contributed by atoms with Crippen molar-refractivity contribution >= 4 is 46.3 Å². The van der Waals surface area contributed by atoms with Crippen molar-refractivity contribution < 1.29 is 24.2 Å². The lowest BCUT2D eigenvalue weighted by molar-refractivity contribution is -0.139. The van der Waals surface area contributed by atoms with Crippen molar-refractivity contribution in [1.82, 2.24) is 4.90 Å². The number of likely N-dealkylation sites (N-methyl/N-ethyl adjacent to an activating group) is 1. The van der Waals surface area contributed by atoms with Crippen molar-refractivity contribution in [2.45, 2.75) is 6.92 Å². The molecule has 8 heteroatoms. The number of carboxylic acids is 1. The summed E-state index contributed by atoms with van der Waals surface area (Å²) in [6.45, 7) is 1.41. The number of thiocarbonyl (C=S) groups is 1. The largest absolute Gasteiger partial charge is 0.493 e. The summed E-state index contributed by atoms with van der Waals surface area (Å²) >= 11 is 6.40. The normalized spacial score (nSPS) is 16.5. The Hall–Kier alpha value is -2.32. The zero-order chi connectivity index (χ0) is 18.6. The van der Waals surface area contributed by atoms with Gasteiger partial charge in [-0.05, 0) is 30.2 Å². The van der Waals surface area contributed by atoms with Gasteiger partial charge in [0.05, 0.1) is 12.0 Å². The Morgan fingerprint density at radius 1 is 1.40 bits per heavy atom. The summed E-state index contributed by atoms with van der Waals surface area (Å²) in [5.74, 6) is -0.381. The van der Waals surface area contributed by atoms with Crippen molar-refractivity contribution in [3.63, 3.8) is 0 Å². The first-order chi connectivity index (χ1) is 11.8. The summed E-state index contributed by atoms with van der Waals surface area (Å²) in [6.07, 6.45) is 3.66. The third-order valence-corrected chi connectivity index (χ3v) is 5.06. The van der Waals surface area contributed by atoms with Crippen molar-refractivity contribution in [2.24, 2.45) is 0 Å². The molecule has 1 saturated heterocycles. The van der Waals surface area contributed by atoms with Crippen LogP contribution in [0.25, 0.3) is 6.08 Å². The molecule has 0 aromatic heterocycles. The Balaban J connectivity index is 2.19. The molecule has 0 saturated carbocycles. The minimum atomic E-state index is -1.06. The van der Waals surface area contributed by atoms with Gasteiger partial charge in [0.15, 0.2) is 18.1 Å². The van der Waals surface area contributed by atoms with Gasteiger partial charge in [-0.3, -0.25) is 9.69 Å². The number of thioether (sulfide) groups is 1. The monoisotopic (exact) mass is 379 g/mol. The van der Waals surface area contributed by atoms with Crippen LogP contribution in [0.2, 0.25) is 0 Å². The number of nitrogens with zero attached hydrogens (tertiary/aromatic N) is 1. The maximum Gasteiger partial charge on any atom is 0.341 e. The summed E-state index contributed by atoms with van der Waals surface area (Å²) in [4.78, 5) is 24.7. The smallest absolute Gasteiger partial charge is 0.341 e. The van der Waals surface area contributed by atoms with Gasteiger partial charge >= 0.3 is 5.97 Å². The second-order valence-electron chi connectivity index (χ2n) is 5.17. The maximum absolute atomic E-state index is 12.1. The van der Waals surface area contributed by atoms with Crippen molar-refractivity contribution in [2.75, 3.05) is 20.8 Å². The zero-order valence-electron chi connectivity index (χ0n) is 13.9. The number of benzene rings is 1. The molecular formula is C17H17NO5S2. The quantitative estimate of drug-likeness (QED) is 0.601. The highest BCUT2D eigenvalue weighted by molar-refractivity contribution is 8.26. The van der Waals surface area contributed by atoms with E-state index in [9.17, 15) is 9.59 Å². The Labute approximate surface area is 155 Å². The van der Waals surface area contributed by atoms with Gasteiger partial charge in [-0.1, -0.05) is 42.2 Å². The molecule has 1 aliphatic rings. The average Bonchev–Trinajstić information content (AvgIpc) is 2.85. The number of ether oxygens (including phenoxy) is 2. The first-order valence-electron chi connectivity index (χ1n) is 7.25. The van der Waals surface area contributed by atoms with Crippen LogP contribution in [0.1, 0.15) is 12.5 Å². The standard InChI is InChI=1S/C17H17NO5S2/c1-10(15-16(21)18(2)17(24)25-15)4-5-11-6-7-12(13(8-11)22-3)23-9-14(19)20/h4-8H,9H2,1-3H3,(H,19,20). The number of carbonyl (C=O) groups excluding carboxylic acids is 1. The number of aliphatic carboxylic acids is 1. The molecule has 1 aliphatic heterocycles. The number of carboxylic acid groups (broad SMARTS) is 1. The first kappa shape index (κ1) is 19.0. The van der Waals surface area contributed by atoms with E-state index in [-0.39, 0.29) is 5.91 Å². The van der Waals surface area contributed by atoms with E-state index < -0.39 is 12.6 Å². The van der Waals surface area contributed by atoms with Crippen LogP contribution in [0.4, 0.5) is 0 Å². The minimum Gasteiger partial charge on any atom is -0.493 e. The Morgan fingerprint density at radius 3 is 2.68 bits per heavy atom. The van der Waals surface area contributed by atoms with E-state index in [1.54, 1.807) is 25.2 Å². The molecule has 0 unspecified atom stereocenters. The lowest BCUT2D eigenvalue weighted by Crippen LogP contribution is -2.22. The van der Waals surface area contributed by atoms with E-state index in [4.69, 9.17) is 26.8 Å². The number of methoxy groups -OCH3 is 1. The second-order valence-corrected chi connectivity index (χ2v) is 6.81. The number of hydrogen-bond donors (Lipinski definition) is 1. The van der Waals surface area contributed by atoms with Gasteiger partial charge < -0.3 is 14.6 Å². The molecule has 1 fully saturated rings. The summed E-state index contributed by atoms with van der Waals surface area (Å²) in [5, 5.41) is 8.68. The number of hydrogen-bond acceptors (Lipinski definition) is 6. The molecule has 132 valence electrons. The van der Waals surface area contributed by atoms with E-state index in [1.807, 2.05) is 19.1 Å². The molecule has 0 radical (unpaired) electrons. The van der Waals surface area contributed by atoms with Gasteiger partial charge in [0.25, 0.3) is 5.91 Å². The van der Waals surface area contributed by atoms with E-state index in [1.165, 1.54) is 23.8 Å². The molecule has 1 N–H and O–H groups in total. The zero-order valence-corrected chi connectivity index (χ0v) is 15.6. The molecule has 2 rings (SSSR count). The predicted octanol–water partition coefficient (Wildman–Crippen LogP) is 2.94. The van der Waals surface area contributed by atoms with Gasteiger partial charge in [0.1, 0.15) is 4.32 Å². The van der Waals surface area contributed by atoms with Gasteiger partial charge in [-0.2, -0.15) is 0 Å². The SMILES string of the molecule is COc1cc(C=CC(C)=C2SC(=S)N(C)C2=O)ccc1OCC(=O)O. The molecule has 1 amide bonds. The maximum atomic E-state index is 12.1. The van der Waals surface area contributed by atoms with Gasteiger partial charge in [0, 0.05) is 7.05 Å². The minimum absolute atomic E-state index is 0.104. The van der Waals surface area contributed by atoms with Crippen LogP contribution in [0.3, 0.4) is 0 Å². The van der Waals surface area contributed by atoms with Crippen LogP contribution in [0, 0.1) is 0 Å². The third-order valence-electron chi connectivity index (χ3n) is 3.38. The average molecular weight is 379 g/mol. The summed E-state index contributed by atoms with van der Waals surface area (Å²) in [6, 6.07) is 5.14. The Morgan fingerprint density at radius 2 is 2.12 bits per heavy atom. The van der Waals surface area contributed by atoms with Crippen LogP contribution in [-0.2, 0) is 9.59 Å². The van der Waals surface area contributed by atoms with Gasteiger partial charge in [0.2, 0.25) is 0 Å². The first-order valence-corrected chi connectivity index (χ1v) is 8.47. The number of amides is 1. The molecule has 0 spiro atoms. The summed E-state index contributed by atoms with van der Waals surface area (Å²) < 4.78 is 10.9. The van der Waals surface area contributed by atoms with Crippen molar-refractivity contribution in [3.05, 3.63) is 40.3 Å². The molecule has 1 heterocycles. The van der Waals surface area contributed by atoms with Gasteiger partial charge in [-0.15, -0.1) is 0 Å². The topological polar surface area (TPSA) is 76.1 Å². The second kappa shape index (κ2) is 8.17. The van der Waals surface area contributed by atoms with E-state index in [0.717, 1.165) is 11.1 Å². The van der Waals surface area contributed by atoms with Gasteiger partial charge in [-0.25, -0.2) is 4.79 Å². The van der Waals surface area contributed by atoms with Crippen LogP contribution in [-0.4, -0.2) is 47.0 Å². The van der Waals surface area contributed by atoms with Crippen LogP contribution in [0.15, 0.2) is 34.8 Å². The van der Waals surface area contributed by atoms with E-state index in [0.29, 0.717) is 20.7 Å². The highest BCUT2D eigenvalue weighted by Gasteiger charge is 2.29. The molecule has 0 aliphatic carbocycles. The molecule has 1 aromatic carbocycles.